The topological polar surface area (TPSA) is 86.8 Å². The fraction of sp³-hybridized carbons (Fsp3) is 0.310. The maximum Gasteiger partial charge on any atom is 0.244 e. The van der Waals surface area contributed by atoms with Crippen LogP contribution in [0.4, 0.5) is 10.1 Å². The van der Waals surface area contributed by atoms with Gasteiger partial charge in [-0.1, -0.05) is 79.2 Å². The Balaban J connectivity index is 2.04. The van der Waals surface area contributed by atoms with Gasteiger partial charge in [0.2, 0.25) is 21.8 Å². The first-order chi connectivity index (χ1) is 18.1. The van der Waals surface area contributed by atoms with Gasteiger partial charge in [0.05, 0.1) is 11.9 Å². The normalized spacial score (nSPS) is 12.0. The average Bonchev–Trinajstić information content (AvgIpc) is 2.89. The zero-order valence-corrected chi connectivity index (χ0v) is 22.7. The highest BCUT2D eigenvalue weighted by atomic mass is 32.2. The lowest BCUT2D eigenvalue weighted by atomic mass is 10.0. The number of anilines is 1. The van der Waals surface area contributed by atoms with E-state index in [2.05, 4.69) is 5.32 Å². The van der Waals surface area contributed by atoms with Gasteiger partial charge in [-0.2, -0.15) is 0 Å². The Morgan fingerprint density at radius 1 is 0.921 bits per heavy atom. The Morgan fingerprint density at radius 3 is 2.16 bits per heavy atom. The van der Waals surface area contributed by atoms with Crippen molar-refractivity contribution >= 4 is 27.5 Å². The van der Waals surface area contributed by atoms with E-state index in [9.17, 15) is 22.4 Å². The second kappa shape index (κ2) is 13.2. The van der Waals surface area contributed by atoms with E-state index in [0.29, 0.717) is 13.0 Å². The number of aryl methyl sites for hydroxylation is 1. The van der Waals surface area contributed by atoms with Gasteiger partial charge in [0.15, 0.2) is 0 Å². The van der Waals surface area contributed by atoms with Crippen LogP contribution < -0.4 is 9.62 Å². The van der Waals surface area contributed by atoms with Crippen molar-refractivity contribution in [3.05, 3.63) is 101 Å². The molecule has 0 bridgehead atoms. The number of carbonyl (C=O) groups excluding carboxylic acids is 2. The van der Waals surface area contributed by atoms with E-state index in [-0.39, 0.29) is 24.6 Å². The van der Waals surface area contributed by atoms with Crippen LogP contribution in [0.1, 0.15) is 30.0 Å². The first kappa shape index (κ1) is 28.8. The molecule has 1 N–H and O–H groups in total. The first-order valence-corrected chi connectivity index (χ1v) is 14.3. The molecule has 0 spiro atoms. The molecule has 0 radical (unpaired) electrons. The summed E-state index contributed by atoms with van der Waals surface area (Å²) in [5.41, 5.74) is 2.44. The van der Waals surface area contributed by atoms with Crippen LogP contribution in [0, 0.1) is 12.7 Å². The lowest BCUT2D eigenvalue weighted by molar-refractivity contribution is -0.140. The van der Waals surface area contributed by atoms with Crippen LogP contribution in [0.15, 0.2) is 78.9 Å². The molecule has 0 saturated heterocycles. The molecule has 7 nitrogen and oxygen atoms in total. The van der Waals surface area contributed by atoms with Crippen LogP contribution in [0.5, 0.6) is 0 Å². The Morgan fingerprint density at radius 2 is 1.55 bits per heavy atom. The van der Waals surface area contributed by atoms with Gasteiger partial charge in [0.25, 0.3) is 0 Å². The molecule has 0 aliphatic heterocycles. The third-order valence-electron chi connectivity index (χ3n) is 6.09. The van der Waals surface area contributed by atoms with E-state index in [1.54, 1.807) is 0 Å². The number of carbonyl (C=O) groups is 2. The standard InChI is InChI=1S/C29H34FN3O4S/c1-4-18-31-29(35)27(19-23-10-6-5-7-11-23)32(20-24-16-14-22(2)15-17-24)28(34)21-33(38(3,36)37)26-13-9-8-12-25(26)30/h5-17,27H,4,18-21H2,1-3H3,(H,31,35). The monoisotopic (exact) mass is 539 g/mol. The Kier molecular flexibility index (Phi) is 10.0. The molecule has 1 atom stereocenters. The summed E-state index contributed by atoms with van der Waals surface area (Å²) < 4.78 is 40.7. The lowest BCUT2D eigenvalue weighted by Crippen LogP contribution is -2.53. The second-order valence-corrected chi connectivity index (χ2v) is 11.1. The van der Waals surface area contributed by atoms with Gasteiger partial charge in [-0.15, -0.1) is 0 Å². The molecule has 3 rings (SSSR count). The quantitative estimate of drug-likeness (QED) is 0.376. The van der Waals surface area contributed by atoms with Crippen LogP contribution in [0.2, 0.25) is 0 Å². The van der Waals surface area contributed by atoms with Gasteiger partial charge >= 0.3 is 0 Å². The fourth-order valence-electron chi connectivity index (χ4n) is 4.06. The highest BCUT2D eigenvalue weighted by Gasteiger charge is 2.33. The molecule has 0 aliphatic rings. The summed E-state index contributed by atoms with van der Waals surface area (Å²) in [6, 6.07) is 21.3. The average molecular weight is 540 g/mol. The Hall–Kier alpha value is -3.72. The van der Waals surface area contributed by atoms with Crippen molar-refractivity contribution in [2.45, 2.75) is 39.3 Å². The van der Waals surface area contributed by atoms with Gasteiger partial charge in [-0.25, -0.2) is 12.8 Å². The summed E-state index contributed by atoms with van der Waals surface area (Å²) in [5.74, 6) is -1.72. The van der Waals surface area contributed by atoms with Crippen molar-refractivity contribution < 1.29 is 22.4 Å². The van der Waals surface area contributed by atoms with Gasteiger partial charge in [-0.3, -0.25) is 13.9 Å². The minimum Gasteiger partial charge on any atom is -0.354 e. The number of hydrogen-bond acceptors (Lipinski definition) is 4. The van der Waals surface area contributed by atoms with Crippen LogP contribution in [0.25, 0.3) is 0 Å². The molecule has 3 aromatic rings. The summed E-state index contributed by atoms with van der Waals surface area (Å²) in [6.07, 6.45) is 1.86. The number of para-hydroxylation sites is 1. The molecule has 202 valence electrons. The number of benzene rings is 3. The molecule has 2 amide bonds. The predicted octanol–water partition coefficient (Wildman–Crippen LogP) is 4.07. The summed E-state index contributed by atoms with van der Waals surface area (Å²) in [6.45, 7) is 3.73. The van der Waals surface area contributed by atoms with Crippen molar-refractivity contribution in [1.82, 2.24) is 10.2 Å². The van der Waals surface area contributed by atoms with Gasteiger partial charge in [0.1, 0.15) is 18.4 Å². The summed E-state index contributed by atoms with van der Waals surface area (Å²) in [5, 5.41) is 2.88. The maximum absolute atomic E-state index is 14.6. The van der Waals surface area contributed by atoms with E-state index in [4.69, 9.17) is 0 Å². The number of rotatable bonds is 12. The largest absolute Gasteiger partial charge is 0.354 e. The number of hydrogen-bond donors (Lipinski definition) is 1. The molecule has 9 heteroatoms. The van der Waals surface area contributed by atoms with Crippen molar-refractivity contribution in [2.24, 2.45) is 0 Å². The molecular weight excluding hydrogens is 505 g/mol. The van der Waals surface area contributed by atoms with Crippen LogP contribution in [0.3, 0.4) is 0 Å². The molecule has 0 fully saturated rings. The molecular formula is C29H34FN3O4S. The third-order valence-corrected chi connectivity index (χ3v) is 7.22. The van der Waals surface area contributed by atoms with Crippen molar-refractivity contribution in [3.63, 3.8) is 0 Å². The number of sulfonamides is 1. The summed E-state index contributed by atoms with van der Waals surface area (Å²) in [7, 11) is -4.02. The lowest BCUT2D eigenvalue weighted by Gasteiger charge is -2.33. The Bertz CT molecular complexity index is 1330. The molecule has 3 aromatic carbocycles. The number of amides is 2. The number of nitrogens with zero attached hydrogens (tertiary/aromatic N) is 2. The van der Waals surface area contributed by atoms with E-state index in [1.165, 1.54) is 23.1 Å². The molecule has 38 heavy (non-hydrogen) atoms. The molecule has 0 aliphatic carbocycles. The van der Waals surface area contributed by atoms with E-state index >= 15 is 0 Å². The first-order valence-electron chi connectivity index (χ1n) is 12.5. The molecule has 0 saturated carbocycles. The van der Waals surface area contributed by atoms with Crippen molar-refractivity contribution in [3.8, 4) is 0 Å². The smallest absolute Gasteiger partial charge is 0.244 e. The Labute approximate surface area is 224 Å². The van der Waals surface area contributed by atoms with Gasteiger partial charge in [0, 0.05) is 19.5 Å². The zero-order valence-electron chi connectivity index (χ0n) is 21.9. The zero-order chi connectivity index (χ0) is 27.7. The predicted molar refractivity (Wildman–Crippen MR) is 148 cm³/mol. The van der Waals surface area contributed by atoms with Crippen LogP contribution in [-0.2, 0) is 32.6 Å². The fourth-order valence-corrected chi connectivity index (χ4v) is 4.91. The van der Waals surface area contributed by atoms with Crippen LogP contribution >= 0.6 is 0 Å². The number of halogens is 1. The van der Waals surface area contributed by atoms with Gasteiger partial charge < -0.3 is 10.2 Å². The minimum absolute atomic E-state index is 0.0744. The third kappa shape index (κ3) is 7.89. The van der Waals surface area contributed by atoms with Gasteiger partial charge in [-0.05, 0) is 36.6 Å². The number of nitrogens with one attached hydrogen (secondary N) is 1. The second-order valence-electron chi connectivity index (χ2n) is 9.22. The molecule has 1 unspecified atom stereocenters. The SMILES string of the molecule is CCCNC(=O)C(Cc1ccccc1)N(Cc1ccc(C)cc1)C(=O)CN(c1ccccc1F)S(C)(=O)=O. The molecule has 0 aromatic heterocycles. The highest BCUT2D eigenvalue weighted by molar-refractivity contribution is 7.92. The van der Waals surface area contributed by atoms with E-state index in [0.717, 1.165) is 33.3 Å². The summed E-state index contributed by atoms with van der Waals surface area (Å²) >= 11 is 0. The maximum atomic E-state index is 14.6. The van der Waals surface area contributed by atoms with Crippen molar-refractivity contribution in [2.75, 3.05) is 23.7 Å². The van der Waals surface area contributed by atoms with Crippen molar-refractivity contribution in [1.29, 1.82) is 0 Å². The van der Waals surface area contributed by atoms with E-state index < -0.39 is 34.3 Å². The minimum atomic E-state index is -4.02. The van der Waals surface area contributed by atoms with E-state index in [1.807, 2.05) is 68.4 Å². The molecule has 0 heterocycles. The van der Waals surface area contributed by atoms with Crippen LogP contribution in [-0.4, -0.2) is 50.5 Å². The summed E-state index contributed by atoms with van der Waals surface area (Å²) in [4.78, 5) is 28.7. The highest BCUT2D eigenvalue weighted by Crippen LogP contribution is 2.23.